The molecule has 4 aromatic rings. The molecule has 0 spiro atoms. The zero-order chi connectivity index (χ0) is 22.7. The summed E-state index contributed by atoms with van der Waals surface area (Å²) in [5, 5.41) is 10.9. The van der Waals surface area contributed by atoms with Crippen molar-refractivity contribution in [3.05, 3.63) is 99.4 Å². The van der Waals surface area contributed by atoms with E-state index in [2.05, 4.69) is 4.57 Å². The van der Waals surface area contributed by atoms with Crippen LogP contribution in [0.25, 0.3) is 10.9 Å². The van der Waals surface area contributed by atoms with E-state index in [-0.39, 0.29) is 13.0 Å². The molecule has 1 N–H and O–H groups in total. The molecular formula is C25H20Cl2FNO3. The number of aryl methyl sites for hydroxylation is 1. The lowest BCUT2D eigenvalue weighted by molar-refractivity contribution is -0.136. The van der Waals surface area contributed by atoms with Crippen LogP contribution >= 0.6 is 23.2 Å². The van der Waals surface area contributed by atoms with Crippen LogP contribution in [0.5, 0.6) is 5.75 Å². The summed E-state index contributed by atoms with van der Waals surface area (Å²) in [6.45, 7) is 0.550. The van der Waals surface area contributed by atoms with Crippen LogP contribution in [0, 0.1) is 5.82 Å². The Labute approximate surface area is 194 Å². The van der Waals surface area contributed by atoms with Gasteiger partial charge in [-0.25, -0.2) is 4.39 Å². The molecule has 0 bridgehead atoms. The lowest BCUT2D eigenvalue weighted by Crippen LogP contribution is -2.04. The van der Waals surface area contributed by atoms with E-state index in [9.17, 15) is 9.18 Å². The van der Waals surface area contributed by atoms with Crippen molar-refractivity contribution in [1.29, 1.82) is 0 Å². The summed E-state index contributed by atoms with van der Waals surface area (Å²) in [6, 6.07) is 17.7. The lowest BCUT2D eigenvalue weighted by atomic mass is 10.1. The van der Waals surface area contributed by atoms with Gasteiger partial charge < -0.3 is 14.4 Å². The predicted molar refractivity (Wildman–Crippen MR) is 124 cm³/mol. The minimum atomic E-state index is -0.820. The van der Waals surface area contributed by atoms with Crippen molar-refractivity contribution in [3.63, 3.8) is 0 Å². The lowest BCUT2D eigenvalue weighted by Gasteiger charge is -2.14. The predicted octanol–water partition coefficient (Wildman–Crippen LogP) is 6.73. The summed E-state index contributed by atoms with van der Waals surface area (Å²) < 4.78 is 22.1. The van der Waals surface area contributed by atoms with Crippen LogP contribution in [-0.2, 0) is 24.4 Å². The van der Waals surface area contributed by atoms with Crippen molar-refractivity contribution in [3.8, 4) is 5.75 Å². The van der Waals surface area contributed by atoms with Gasteiger partial charge in [0.25, 0.3) is 0 Å². The molecule has 4 nitrogen and oxygen atoms in total. The van der Waals surface area contributed by atoms with Crippen molar-refractivity contribution < 1.29 is 19.0 Å². The van der Waals surface area contributed by atoms with Crippen molar-refractivity contribution in [2.24, 2.45) is 0 Å². The molecule has 7 heteroatoms. The Morgan fingerprint density at radius 3 is 2.53 bits per heavy atom. The standard InChI is InChI=1S/C25H20Cl2FNO3/c26-19-7-8-24(32-15-17-4-6-20(27)13-22(17)28)18(12-19)14-29-11-10-21-16(5-9-25(30)31)2-1-3-23(21)29/h1-4,6-8,10-13H,5,9,14-15H2,(H,30,31). The number of hydrogen-bond donors (Lipinski definition) is 1. The third-order valence-corrected chi connectivity index (χ3v) is 5.74. The molecule has 1 heterocycles. The molecule has 0 amide bonds. The highest BCUT2D eigenvalue weighted by Gasteiger charge is 2.12. The smallest absolute Gasteiger partial charge is 0.303 e. The third kappa shape index (κ3) is 5.06. The van der Waals surface area contributed by atoms with Crippen LogP contribution in [0.15, 0.2) is 66.9 Å². The largest absolute Gasteiger partial charge is 0.488 e. The van der Waals surface area contributed by atoms with E-state index < -0.39 is 11.8 Å². The molecule has 0 aliphatic heterocycles. The second-order valence-electron chi connectivity index (χ2n) is 7.46. The Kier molecular flexibility index (Phi) is 6.68. The summed E-state index contributed by atoms with van der Waals surface area (Å²) in [7, 11) is 0. The van der Waals surface area contributed by atoms with Gasteiger partial charge in [-0.15, -0.1) is 0 Å². The number of benzene rings is 3. The number of halogens is 3. The molecule has 0 unspecified atom stereocenters. The molecule has 0 fully saturated rings. The first-order valence-electron chi connectivity index (χ1n) is 10.0. The summed E-state index contributed by atoms with van der Waals surface area (Å²) in [5.41, 5.74) is 3.23. The SMILES string of the molecule is O=C(O)CCc1cccc2c1ccn2Cc1cc(Cl)ccc1OCc1ccc(Cl)cc1F. The Morgan fingerprint density at radius 2 is 1.75 bits per heavy atom. The van der Waals surface area contributed by atoms with E-state index in [1.165, 1.54) is 6.07 Å². The van der Waals surface area contributed by atoms with Crippen LogP contribution in [0.1, 0.15) is 23.1 Å². The fourth-order valence-electron chi connectivity index (χ4n) is 3.67. The van der Waals surface area contributed by atoms with Gasteiger partial charge in [-0.3, -0.25) is 4.79 Å². The first-order valence-corrected chi connectivity index (χ1v) is 10.8. The molecule has 0 aliphatic carbocycles. The second-order valence-corrected chi connectivity index (χ2v) is 8.34. The molecule has 0 atom stereocenters. The van der Waals surface area contributed by atoms with Gasteiger partial charge in [0, 0.05) is 44.7 Å². The summed E-state index contributed by atoms with van der Waals surface area (Å²) >= 11 is 12.1. The number of aliphatic carboxylic acids is 1. The number of rotatable bonds is 8. The fraction of sp³-hybridized carbons (Fsp3) is 0.160. The summed E-state index contributed by atoms with van der Waals surface area (Å²) in [5.74, 6) is -0.634. The molecule has 0 radical (unpaired) electrons. The average molecular weight is 472 g/mol. The highest BCUT2D eigenvalue weighted by Crippen LogP contribution is 2.28. The third-order valence-electron chi connectivity index (χ3n) is 5.27. The normalized spacial score (nSPS) is 11.1. The average Bonchev–Trinajstić information content (AvgIpc) is 3.16. The number of ether oxygens (including phenoxy) is 1. The van der Waals surface area contributed by atoms with Gasteiger partial charge in [0.05, 0.1) is 6.54 Å². The first kappa shape index (κ1) is 22.2. The monoisotopic (exact) mass is 471 g/mol. The first-order chi connectivity index (χ1) is 15.4. The maximum absolute atomic E-state index is 14.1. The number of nitrogens with zero attached hydrogens (tertiary/aromatic N) is 1. The highest BCUT2D eigenvalue weighted by molar-refractivity contribution is 6.30. The van der Waals surface area contributed by atoms with Crippen LogP contribution in [0.2, 0.25) is 10.0 Å². The molecule has 0 aliphatic rings. The quantitative estimate of drug-likeness (QED) is 0.309. The Morgan fingerprint density at radius 1 is 0.969 bits per heavy atom. The molecular weight excluding hydrogens is 452 g/mol. The zero-order valence-electron chi connectivity index (χ0n) is 17.0. The van der Waals surface area contributed by atoms with E-state index in [4.69, 9.17) is 33.0 Å². The van der Waals surface area contributed by atoms with Crippen LogP contribution in [0.4, 0.5) is 4.39 Å². The maximum Gasteiger partial charge on any atom is 0.303 e. The van der Waals surface area contributed by atoms with Gasteiger partial charge in [0.2, 0.25) is 0 Å². The van der Waals surface area contributed by atoms with E-state index in [0.717, 1.165) is 22.0 Å². The minimum Gasteiger partial charge on any atom is -0.488 e. The van der Waals surface area contributed by atoms with Crippen LogP contribution in [0.3, 0.4) is 0 Å². The summed E-state index contributed by atoms with van der Waals surface area (Å²) in [6.07, 6.45) is 2.51. The molecule has 3 aromatic carbocycles. The highest BCUT2D eigenvalue weighted by atomic mass is 35.5. The summed E-state index contributed by atoms with van der Waals surface area (Å²) in [4.78, 5) is 11.0. The Hall–Kier alpha value is -3.02. The van der Waals surface area contributed by atoms with Gasteiger partial charge in [-0.1, -0.05) is 41.4 Å². The van der Waals surface area contributed by atoms with Gasteiger partial charge in [-0.2, -0.15) is 0 Å². The number of carbonyl (C=O) groups is 1. The molecule has 1 aromatic heterocycles. The number of carboxylic acid groups (broad SMARTS) is 1. The van der Waals surface area contributed by atoms with Crippen molar-refractivity contribution >= 4 is 40.1 Å². The molecule has 0 saturated heterocycles. The van der Waals surface area contributed by atoms with Crippen LogP contribution in [-0.4, -0.2) is 15.6 Å². The number of aromatic nitrogens is 1. The Balaban J connectivity index is 1.59. The van der Waals surface area contributed by atoms with Crippen LogP contribution < -0.4 is 4.74 Å². The molecule has 4 rings (SSSR count). The van der Waals surface area contributed by atoms with Gasteiger partial charge >= 0.3 is 5.97 Å². The number of carboxylic acids is 1. The van der Waals surface area contributed by atoms with Gasteiger partial charge in [-0.05, 0) is 54.4 Å². The Bertz CT molecular complexity index is 1290. The van der Waals surface area contributed by atoms with E-state index >= 15 is 0 Å². The van der Waals surface area contributed by atoms with Gasteiger partial charge in [0.1, 0.15) is 18.2 Å². The minimum absolute atomic E-state index is 0.0589. The topological polar surface area (TPSA) is 51.5 Å². The zero-order valence-corrected chi connectivity index (χ0v) is 18.5. The number of fused-ring (bicyclic) bond motifs is 1. The van der Waals surface area contributed by atoms with Crippen molar-refractivity contribution in [1.82, 2.24) is 4.57 Å². The maximum atomic E-state index is 14.1. The van der Waals surface area contributed by atoms with Crippen molar-refractivity contribution in [2.75, 3.05) is 0 Å². The number of hydrogen-bond acceptors (Lipinski definition) is 2. The van der Waals surface area contributed by atoms with Gasteiger partial charge in [0.15, 0.2) is 0 Å². The molecule has 164 valence electrons. The molecule has 0 saturated carbocycles. The molecule has 32 heavy (non-hydrogen) atoms. The van der Waals surface area contributed by atoms with E-state index in [1.54, 1.807) is 24.3 Å². The second kappa shape index (κ2) is 9.63. The van der Waals surface area contributed by atoms with E-state index in [1.807, 2.05) is 36.5 Å². The fourth-order valence-corrected chi connectivity index (χ4v) is 4.03. The van der Waals surface area contributed by atoms with Crippen molar-refractivity contribution in [2.45, 2.75) is 26.0 Å². The van der Waals surface area contributed by atoms with E-state index in [0.29, 0.717) is 34.3 Å².